The van der Waals surface area contributed by atoms with E-state index in [0.29, 0.717) is 0 Å². The molecule has 0 bridgehead atoms. The summed E-state index contributed by atoms with van der Waals surface area (Å²) < 4.78 is 2.40. The smallest absolute Gasteiger partial charge is 0.162 e. The van der Waals surface area contributed by atoms with Crippen LogP contribution in [0.4, 0.5) is 0 Å². The van der Waals surface area contributed by atoms with E-state index in [4.69, 9.17) is 9.97 Å². The SMILES string of the molecule is c1ccc(-c2nc(-n3c4ccccc4c4c5c6ccccc6c6ccccc6c5c5ccccc5c43)c3ccccc3n2)cc1. The number of hydrogen-bond donors (Lipinski definition) is 0. The fraction of sp³-hybridized carbons (Fsp3) is 0. The Morgan fingerprint density at radius 1 is 0.356 bits per heavy atom. The van der Waals surface area contributed by atoms with Crippen LogP contribution in [0.25, 0.3) is 93.0 Å². The van der Waals surface area contributed by atoms with Crippen molar-refractivity contribution in [1.29, 1.82) is 0 Å². The summed E-state index contributed by atoms with van der Waals surface area (Å²) in [4.78, 5) is 10.4. The lowest BCUT2D eigenvalue weighted by Crippen LogP contribution is -2.03. The Balaban J connectivity index is 1.52. The van der Waals surface area contributed by atoms with Crippen LogP contribution in [0.5, 0.6) is 0 Å². The first-order chi connectivity index (χ1) is 22.4. The van der Waals surface area contributed by atoms with Gasteiger partial charge in [0.2, 0.25) is 0 Å². The van der Waals surface area contributed by atoms with E-state index >= 15 is 0 Å². The molecule has 45 heavy (non-hydrogen) atoms. The van der Waals surface area contributed by atoms with E-state index < -0.39 is 0 Å². The lowest BCUT2D eigenvalue weighted by Gasteiger charge is -2.17. The van der Waals surface area contributed by atoms with Crippen LogP contribution in [0.3, 0.4) is 0 Å². The van der Waals surface area contributed by atoms with Gasteiger partial charge in [0.25, 0.3) is 0 Å². The van der Waals surface area contributed by atoms with Crippen LogP contribution in [0.15, 0.2) is 152 Å². The summed E-state index contributed by atoms with van der Waals surface area (Å²) >= 11 is 0. The van der Waals surface area contributed by atoms with Gasteiger partial charge < -0.3 is 0 Å². The first-order valence-electron chi connectivity index (χ1n) is 15.4. The second-order valence-corrected chi connectivity index (χ2v) is 11.7. The van der Waals surface area contributed by atoms with Crippen LogP contribution in [0, 0.1) is 0 Å². The van der Waals surface area contributed by atoms with E-state index in [1.165, 1.54) is 59.4 Å². The van der Waals surface area contributed by atoms with Crippen LogP contribution in [-0.4, -0.2) is 14.5 Å². The zero-order valence-electron chi connectivity index (χ0n) is 24.3. The molecule has 0 atom stereocenters. The molecule has 0 unspecified atom stereocenters. The van der Waals surface area contributed by atoms with Gasteiger partial charge in [-0.1, -0.05) is 133 Å². The maximum absolute atomic E-state index is 5.36. The molecule has 0 amide bonds. The fourth-order valence-corrected chi connectivity index (χ4v) is 7.50. The third kappa shape index (κ3) is 3.35. The minimum atomic E-state index is 0.719. The van der Waals surface area contributed by atoms with Crippen molar-refractivity contribution in [3.05, 3.63) is 152 Å². The van der Waals surface area contributed by atoms with E-state index in [9.17, 15) is 0 Å². The van der Waals surface area contributed by atoms with Crippen LogP contribution >= 0.6 is 0 Å². The first-order valence-corrected chi connectivity index (χ1v) is 15.4. The van der Waals surface area contributed by atoms with E-state index in [2.05, 4.69) is 138 Å². The van der Waals surface area contributed by atoms with Gasteiger partial charge >= 0.3 is 0 Å². The number of fused-ring (bicyclic) bond motifs is 14. The highest BCUT2D eigenvalue weighted by Gasteiger charge is 2.23. The highest BCUT2D eigenvalue weighted by atomic mass is 15.1. The van der Waals surface area contributed by atoms with Crippen molar-refractivity contribution < 1.29 is 0 Å². The van der Waals surface area contributed by atoms with Crippen molar-refractivity contribution in [3.63, 3.8) is 0 Å². The third-order valence-corrected chi connectivity index (χ3v) is 9.34. The number of para-hydroxylation sites is 2. The molecule has 3 heteroatoms. The van der Waals surface area contributed by atoms with Gasteiger partial charge in [-0.15, -0.1) is 0 Å². The van der Waals surface area contributed by atoms with Crippen LogP contribution < -0.4 is 0 Å². The average Bonchev–Trinajstić information content (AvgIpc) is 3.46. The Labute approximate surface area is 258 Å². The predicted molar refractivity (Wildman–Crippen MR) is 189 cm³/mol. The quantitative estimate of drug-likeness (QED) is 0.193. The standard InChI is InChI=1S/C42H25N3/c1-2-14-26(15-3-1)41-43-35-24-12-10-22-33(35)42(44-41)45-36-25-13-11-23-34(36)39-38-30-19-7-5-17-28(30)27-16-4-6-18-29(27)37(38)31-20-8-9-21-32(31)40(39)45/h1-25H. The minimum absolute atomic E-state index is 0.719. The fourth-order valence-electron chi connectivity index (χ4n) is 7.50. The van der Waals surface area contributed by atoms with Gasteiger partial charge in [0, 0.05) is 32.5 Å². The Kier molecular flexibility index (Phi) is 5.00. The molecular weight excluding hydrogens is 546 g/mol. The van der Waals surface area contributed by atoms with Crippen LogP contribution in [-0.2, 0) is 0 Å². The lowest BCUT2D eigenvalue weighted by atomic mass is 9.88. The van der Waals surface area contributed by atoms with Crippen molar-refractivity contribution in [2.24, 2.45) is 0 Å². The molecule has 0 aliphatic heterocycles. The molecule has 0 radical (unpaired) electrons. The van der Waals surface area contributed by atoms with Gasteiger partial charge in [-0.05, 0) is 50.5 Å². The average molecular weight is 572 g/mol. The van der Waals surface area contributed by atoms with Gasteiger partial charge in [0.05, 0.1) is 16.6 Å². The van der Waals surface area contributed by atoms with Gasteiger partial charge in [0.15, 0.2) is 5.82 Å². The second-order valence-electron chi connectivity index (χ2n) is 11.7. The lowest BCUT2D eigenvalue weighted by molar-refractivity contribution is 1.08. The highest BCUT2D eigenvalue weighted by Crippen LogP contribution is 2.48. The van der Waals surface area contributed by atoms with Crippen LogP contribution in [0.2, 0.25) is 0 Å². The Bertz CT molecular complexity index is 2810. The maximum Gasteiger partial charge on any atom is 0.162 e. The summed E-state index contributed by atoms with van der Waals surface area (Å²) in [5.41, 5.74) is 4.22. The van der Waals surface area contributed by atoms with E-state index in [1.807, 2.05) is 18.2 Å². The summed E-state index contributed by atoms with van der Waals surface area (Å²) in [6, 6.07) is 54.1. The molecule has 0 saturated carbocycles. The number of nitrogens with zero attached hydrogens (tertiary/aromatic N) is 3. The maximum atomic E-state index is 5.36. The largest absolute Gasteiger partial charge is 0.292 e. The molecular formula is C42H25N3. The Morgan fingerprint density at radius 3 is 1.58 bits per heavy atom. The molecule has 8 aromatic carbocycles. The second kappa shape index (κ2) is 9.22. The molecule has 2 heterocycles. The third-order valence-electron chi connectivity index (χ3n) is 9.34. The van der Waals surface area contributed by atoms with Crippen molar-refractivity contribution in [3.8, 4) is 17.2 Å². The van der Waals surface area contributed by atoms with Gasteiger partial charge in [0.1, 0.15) is 5.82 Å². The predicted octanol–water partition coefficient (Wildman–Crippen LogP) is 11.0. The summed E-state index contributed by atoms with van der Waals surface area (Å²) in [6.07, 6.45) is 0. The number of rotatable bonds is 2. The minimum Gasteiger partial charge on any atom is -0.292 e. The van der Waals surface area contributed by atoms with Crippen molar-refractivity contribution in [1.82, 2.24) is 14.5 Å². The van der Waals surface area contributed by atoms with E-state index in [0.717, 1.165) is 33.6 Å². The number of aromatic nitrogens is 3. The van der Waals surface area contributed by atoms with Gasteiger partial charge in [-0.3, -0.25) is 4.57 Å². The molecule has 0 aliphatic carbocycles. The summed E-state index contributed by atoms with van der Waals surface area (Å²) in [5.74, 6) is 1.61. The topological polar surface area (TPSA) is 30.7 Å². The molecule has 3 nitrogen and oxygen atoms in total. The Morgan fingerprint density at radius 2 is 0.867 bits per heavy atom. The summed E-state index contributed by atoms with van der Waals surface area (Å²) in [5, 5.41) is 13.6. The molecule has 10 aromatic rings. The first kappa shape index (κ1) is 24.4. The summed E-state index contributed by atoms with van der Waals surface area (Å²) in [6.45, 7) is 0. The molecule has 0 saturated heterocycles. The van der Waals surface area contributed by atoms with E-state index in [1.54, 1.807) is 0 Å². The molecule has 208 valence electrons. The molecule has 0 N–H and O–H groups in total. The highest BCUT2D eigenvalue weighted by molar-refractivity contribution is 6.42. The van der Waals surface area contributed by atoms with Crippen molar-refractivity contribution in [2.45, 2.75) is 0 Å². The number of benzene rings is 8. The zero-order chi connectivity index (χ0) is 29.5. The molecule has 10 rings (SSSR count). The van der Waals surface area contributed by atoms with Crippen molar-refractivity contribution in [2.75, 3.05) is 0 Å². The van der Waals surface area contributed by atoms with Crippen LogP contribution in [0.1, 0.15) is 0 Å². The monoisotopic (exact) mass is 571 g/mol. The van der Waals surface area contributed by atoms with Gasteiger partial charge in [-0.25, -0.2) is 9.97 Å². The molecule has 0 spiro atoms. The van der Waals surface area contributed by atoms with Gasteiger partial charge in [-0.2, -0.15) is 0 Å². The Hall–Kier alpha value is -6.06. The zero-order valence-corrected chi connectivity index (χ0v) is 24.3. The molecule has 0 fully saturated rings. The number of hydrogen-bond acceptors (Lipinski definition) is 2. The van der Waals surface area contributed by atoms with E-state index in [-0.39, 0.29) is 0 Å². The molecule has 2 aromatic heterocycles. The summed E-state index contributed by atoms with van der Waals surface area (Å²) in [7, 11) is 0. The normalized spacial score (nSPS) is 12.0. The molecule has 0 aliphatic rings. The van der Waals surface area contributed by atoms with Crippen molar-refractivity contribution >= 4 is 75.8 Å².